The molecule has 2 aromatic rings. The van der Waals surface area contributed by atoms with Crippen LogP contribution in [-0.2, 0) is 10.0 Å². The second-order valence-electron chi connectivity index (χ2n) is 3.48. The van der Waals surface area contributed by atoms with Crippen molar-refractivity contribution in [1.29, 1.82) is 0 Å². The molecule has 2 rings (SSSR count). The number of pyridine rings is 1. The maximum atomic E-state index is 11.9. The van der Waals surface area contributed by atoms with Gasteiger partial charge in [0.25, 0.3) is 10.0 Å². The van der Waals surface area contributed by atoms with Crippen LogP contribution in [0.4, 0.5) is 5.69 Å². The zero-order valence-corrected chi connectivity index (χ0v) is 11.3. The molecular weight excluding hydrogens is 306 g/mol. The number of aromatic nitrogens is 2. The predicted octanol–water partition coefficient (Wildman–Crippen LogP) is 2.28. The second kappa shape index (κ2) is 4.50. The molecule has 0 aliphatic heterocycles. The summed E-state index contributed by atoms with van der Waals surface area (Å²) in [5.74, 6) is 0. The van der Waals surface area contributed by atoms with Crippen LogP contribution in [0.2, 0.25) is 0 Å². The highest BCUT2D eigenvalue weighted by Gasteiger charge is 2.14. The van der Waals surface area contributed by atoms with E-state index in [-0.39, 0.29) is 4.90 Å². The molecule has 2 heterocycles. The lowest BCUT2D eigenvalue weighted by Gasteiger charge is -2.07. The molecule has 0 saturated carbocycles. The van der Waals surface area contributed by atoms with Gasteiger partial charge in [-0.3, -0.25) is 4.72 Å². The third-order valence-electron chi connectivity index (χ3n) is 2.15. The molecule has 0 aromatic carbocycles. The summed E-state index contributed by atoms with van der Waals surface area (Å²) in [6, 6.07) is 3.20. The van der Waals surface area contributed by atoms with Crippen LogP contribution >= 0.6 is 15.9 Å². The summed E-state index contributed by atoms with van der Waals surface area (Å²) in [4.78, 5) is 6.92. The Balaban J connectivity index is 2.30. The van der Waals surface area contributed by atoms with Crippen LogP contribution in [0.1, 0.15) is 5.56 Å². The van der Waals surface area contributed by atoms with Gasteiger partial charge in [-0.1, -0.05) is 0 Å². The first kappa shape index (κ1) is 12.1. The summed E-state index contributed by atoms with van der Waals surface area (Å²) in [5.41, 5.74) is 1.30. The topological polar surface area (TPSA) is 74.8 Å². The van der Waals surface area contributed by atoms with Crippen molar-refractivity contribution in [2.45, 2.75) is 11.8 Å². The number of H-pyrrole nitrogens is 1. The third kappa shape index (κ3) is 2.67. The quantitative estimate of drug-likeness (QED) is 0.853. The van der Waals surface area contributed by atoms with Crippen LogP contribution in [0.15, 0.2) is 40.2 Å². The number of nitrogens with zero attached hydrogens (tertiary/aromatic N) is 1. The first-order valence-electron chi connectivity index (χ1n) is 4.77. The highest BCUT2D eigenvalue weighted by Crippen LogP contribution is 2.19. The second-order valence-corrected chi connectivity index (χ2v) is 5.92. The van der Waals surface area contributed by atoms with Crippen LogP contribution < -0.4 is 4.72 Å². The Labute approximate surface area is 107 Å². The molecular formula is C10H10BrN3O2S. The van der Waals surface area contributed by atoms with Crippen molar-refractivity contribution in [1.82, 2.24) is 9.97 Å². The number of anilines is 1. The lowest BCUT2D eigenvalue weighted by molar-refractivity contribution is 0.601. The van der Waals surface area contributed by atoms with Gasteiger partial charge in [0.1, 0.15) is 9.50 Å². The number of hydrogen-bond donors (Lipinski definition) is 2. The molecule has 2 N–H and O–H groups in total. The van der Waals surface area contributed by atoms with Crippen molar-refractivity contribution >= 4 is 31.6 Å². The molecule has 0 atom stereocenters. The molecule has 0 radical (unpaired) electrons. The molecule has 0 amide bonds. The van der Waals surface area contributed by atoms with E-state index in [0.29, 0.717) is 10.3 Å². The van der Waals surface area contributed by atoms with Gasteiger partial charge in [0.15, 0.2) is 0 Å². The Morgan fingerprint density at radius 2 is 2.24 bits per heavy atom. The normalized spacial score (nSPS) is 11.4. The summed E-state index contributed by atoms with van der Waals surface area (Å²) in [5, 5.41) is 0. The Kier molecular flexibility index (Phi) is 3.21. The molecule has 7 heteroatoms. The van der Waals surface area contributed by atoms with Crippen LogP contribution in [0.25, 0.3) is 0 Å². The lowest BCUT2D eigenvalue weighted by Crippen LogP contribution is -2.12. The van der Waals surface area contributed by atoms with Gasteiger partial charge in [-0.15, -0.1) is 0 Å². The third-order valence-corrected chi connectivity index (χ3v) is 4.36. The largest absolute Gasteiger partial charge is 0.366 e. The van der Waals surface area contributed by atoms with E-state index >= 15 is 0 Å². The number of aryl methyl sites for hydroxylation is 1. The van der Waals surface area contributed by atoms with E-state index in [4.69, 9.17) is 0 Å². The fourth-order valence-corrected chi connectivity index (χ4v) is 2.53. The fraction of sp³-hybridized carbons (Fsp3) is 0.100. The Hall–Kier alpha value is -1.34. The van der Waals surface area contributed by atoms with Crippen molar-refractivity contribution in [2.75, 3.05) is 4.72 Å². The van der Waals surface area contributed by atoms with Gasteiger partial charge in [0, 0.05) is 12.4 Å². The SMILES string of the molecule is Cc1cc(NS(=O)(=O)c2cc[nH]c2)cnc1Br. The average Bonchev–Trinajstić information content (AvgIpc) is 2.77. The van der Waals surface area contributed by atoms with Crippen LogP contribution in [0, 0.1) is 6.92 Å². The maximum absolute atomic E-state index is 11.9. The van der Waals surface area contributed by atoms with Gasteiger partial charge in [-0.05, 0) is 40.5 Å². The monoisotopic (exact) mass is 315 g/mol. The summed E-state index contributed by atoms with van der Waals surface area (Å²) in [6.45, 7) is 1.84. The number of rotatable bonds is 3. The Morgan fingerprint density at radius 1 is 1.47 bits per heavy atom. The van der Waals surface area contributed by atoms with Gasteiger partial charge >= 0.3 is 0 Å². The van der Waals surface area contributed by atoms with Crippen molar-refractivity contribution < 1.29 is 8.42 Å². The minimum atomic E-state index is -3.54. The van der Waals surface area contributed by atoms with Gasteiger partial charge in [-0.25, -0.2) is 13.4 Å². The molecule has 0 saturated heterocycles. The number of sulfonamides is 1. The maximum Gasteiger partial charge on any atom is 0.263 e. The Morgan fingerprint density at radius 3 is 2.82 bits per heavy atom. The van der Waals surface area contributed by atoms with Gasteiger partial charge in [0.05, 0.1) is 11.9 Å². The van der Waals surface area contributed by atoms with E-state index in [0.717, 1.165) is 5.56 Å². The molecule has 90 valence electrons. The van der Waals surface area contributed by atoms with E-state index in [1.807, 2.05) is 6.92 Å². The summed E-state index contributed by atoms with van der Waals surface area (Å²) in [6.07, 6.45) is 4.43. The average molecular weight is 316 g/mol. The lowest BCUT2D eigenvalue weighted by atomic mass is 10.3. The van der Waals surface area contributed by atoms with E-state index in [1.165, 1.54) is 18.5 Å². The molecule has 0 aliphatic rings. The van der Waals surface area contributed by atoms with Gasteiger partial charge < -0.3 is 4.98 Å². The first-order valence-corrected chi connectivity index (χ1v) is 7.04. The molecule has 5 nitrogen and oxygen atoms in total. The van der Waals surface area contributed by atoms with Crippen LogP contribution in [0.3, 0.4) is 0 Å². The standard InChI is InChI=1S/C10H10BrN3O2S/c1-7-4-8(5-13-10(7)11)14-17(15,16)9-2-3-12-6-9/h2-6,12,14H,1H3. The number of halogens is 1. The van der Waals surface area contributed by atoms with Crippen molar-refractivity contribution in [2.24, 2.45) is 0 Å². The Bertz CT molecular complexity index is 623. The van der Waals surface area contributed by atoms with E-state index in [2.05, 4.69) is 30.6 Å². The van der Waals surface area contributed by atoms with Gasteiger partial charge in [-0.2, -0.15) is 0 Å². The number of aromatic amines is 1. The molecule has 2 aromatic heterocycles. The van der Waals surface area contributed by atoms with Crippen LogP contribution in [-0.4, -0.2) is 18.4 Å². The summed E-state index contributed by atoms with van der Waals surface area (Å²) >= 11 is 3.25. The van der Waals surface area contributed by atoms with E-state index in [1.54, 1.807) is 12.3 Å². The smallest absolute Gasteiger partial charge is 0.263 e. The van der Waals surface area contributed by atoms with Crippen molar-refractivity contribution in [3.63, 3.8) is 0 Å². The van der Waals surface area contributed by atoms with E-state index in [9.17, 15) is 8.42 Å². The zero-order valence-electron chi connectivity index (χ0n) is 8.94. The molecule has 0 fully saturated rings. The van der Waals surface area contributed by atoms with Crippen molar-refractivity contribution in [3.05, 3.63) is 40.9 Å². The summed E-state index contributed by atoms with van der Waals surface area (Å²) in [7, 11) is -3.54. The molecule has 0 aliphatic carbocycles. The molecule has 17 heavy (non-hydrogen) atoms. The van der Waals surface area contributed by atoms with Crippen molar-refractivity contribution in [3.8, 4) is 0 Å². The molecule has 0 spiro atoms. The predicted molar refractivity (Wildman–Crippen MR) is 68.3 cm³/mol. The molecule has 0 bridgehead atoms. The minimum absolute atomic E-state index is 0.193. The number of hydrogen-bond acceptors (Lipinski definition) is 3. The zero-order chi connectivity index (χ0) is 12.5. The minimum Gasteiger partial charge on any atom is -0.366 e. The molecule has 0 unspecified atom stereocenters. The first-order chi connectivity index (χ1) is 7.99. The van der Waals surface area contributed by atoms with Crippen LogP contribution in [0.5, 0.6) is 0 Å². The highest BCUT2D eigenvalue weighted by molar-refractivity contribution is 9.10. The number of nitrogens with one attached hydrogen (secondary N) is 2. The summed E-state index contributed by atoms with van der Waals surface area (Å²) < 4.78 is 26.9. The van der Waals surface area contributed by atoms with E-state index < -0.39 is 10.0 Å². The highest BCUT2D eigenvalue weighted by atomic mass is 79.9. The van der Waals surface area contributed by atoms with Gasteiger partial charge in [0.2, 0.25) is 0 Å². The fourth-order valence-electron chi connectivity index (χ4n) is 1.30.